The molecule has 1 unspecified atom stereocenters. The number of nitrogens with one attached hydrogen (secondary N) is 13. The zero-order valence-corrected chi connectivity index (χ0v) is 47.1. The molecule has 25 nitrogen and oxygen atoms in total. The minimum absolute atomic E-state index is 0.0186. The third-order valence-electron chi connectivity index (χ3n) is 13.2. The van der Waals surface area contributed by atoms with Crippen molar-refractivity contribution in [3.8, 4) is 0 Å². The summed E-state index contributed by atoms with van der Waals surface area (Å²) in [6, 6.07) is -1.39. The van der Waals surface area contributed by atoms with E-state index in [0.717, 1.165) is 16.8 Å². The van der Waals surface area contributed by atoms with Gasteiger partial charge in [0.25, 0.3) is 0 Å². The highest BCUT2D eigenvalue weighted by Gasteiger charge is 2.35. The summed E-state index contributed by atoms with van der Waals surface area (Å²) < 4.78 is 0. The molecule has 1 fully saturated rings. The van der Waals surface area contributed by atoms with Crippen LogP contribution < -0.4 is 76.1 Å². The molecule has 1 saturated heterocycles. The molecule has 2 heterocycles. The number of benzene rings is 1. The van der Waals surface area contributed by atoms with Gasteiger partial charge in [0.15, 0.2) is 11.9 Å². The average molecular weight is 1110 g/mol. The van der Waals surface area contributed by atoms with Gasteiger partial charge in [0.2, 0.25) is 47.3 Å². The van der Waals surface area contributed by atoms with Crippen LogP contribution in [0, 0.1) is 17.7 Å². The maximum absolute atomic E-state index is 14.9. The van der Waals surface area contributed by atoms with Gasteiger partial charge in [0, 0.05) is 63.4 Å². The SMILES string of the molecule is C=C(N)C1CCCNC(=O)CC[C@H](NC(=O)[C@H](CCCNC(=N)N)NC(C)=O)C(=O)N[C@@H](CCN)C(=O)N[C@H](Cc2ccc(C(C)(C)C)cc2)C(=O)N[C@@H](CCCNC(=N)N)C(=O)N[C@@H](Cc2c[nH]c(C)c2/C=C\C=C/C)C(=O)N1. The molecule has 1 aliphatic rings. The summed E-state index contributed by atoms with van der Waals surface area (Å²) in [6.45, 7) is 15.3. The molecule has 21 N–H and O–H groups in total. The van der Waals surface area contributed by atoms with E-state index in [4.69, 9.17) is 33.8 Å². The van der Waals surface area contributed by atoms with Crippen molar-refractivity contribution in [1.82, 2.24) is 58.2 Å². The van der Waals surface area contributed by atoms with E-state index in [1.54, 1.807) is 6.20 Å². The first-order chi connectivity index (χ1) is 37.8. The summed E-state index contributed by atoms with van der Waals surface area (Å²) in [5.74, 6) is -6.32. The Bertz CT molecular complexity index is 2540. The molecule has 25 heteroatoms. The van der Waals surface area contributed by atoms with Crippen molar-refractivity contribution in [2.45, 2.75) is 160 Å². The van der Waals surface area contributed by atoms with Crippen molar-refractivity contribution in [2.75, 3.05) is 26.2 Å². The van der Waals surface area contributed by atoms with E-state index in [0.29, 0.717) is 11.1 Å². The van der Waals surface area contributed by atoms with Crippen LogP contribution in [0.3, 0.4) is 0 Å². The molecule has 8 amide bonds. The van der Waals surface area contributed by atoms with E-state index in [1.165, 1.54) is 6.92 Å². The lowest BCUT2D eigenvalue weighted by atomic mass is 9.86. The first-order valence-corrected chi connectivity index (χ1v) is 27.0. The molecular weight excluding hydrogens is 1030 g/mol. The monoisotopic (exact) mass is 1110 g/mol. The zero-order chi connectivity index (χ0) is 59.5. The Morgan fingerprint density at radius 2 is 1.36 bits per heavy atom. The quantitative estimate of drug-likeness (QED) is 0.0343. The minimum Gasteiger partial charge on any atom is -0.401 e. The highest BCUT2D eigenvalue weighted by atomic mass is 16.2. The minimum atomic E-state index is -1.45. The maximum atomic E-state index is 14.9. The fraction of sp³-hybridized carbons (Fsp3) is 0.527. The van der Waals surface area contributed by atoms with Crippen LogP contribution in [0.25, 0.3) is 6.08 Å². The van der Waals surface area contributed by atoms with Crippen molar-refractivity contribution in [2.24, 2.45) is 22.9 Å². The molecule has 80 heavy (non-hydrogen) atoms. The number of aromatic amines is 1. The van der Waals surface area contributed by atoms with Crippen LogP contribution in [0.2, 0.25) is 0 Å². The molecule has 0 aliphatic carbocycles. The predicted octanol–water partition coefficient (Wildman–Crippen LogP) is -0.553. The molecule has 2 aromatic rings. The zero-order valence-electron chi connectivity index (χ0n) is 47.1. The standard InChI is InChI=1S/C55H87N17O8/c1-8-9-10-14-38-33(3)65-31-36(38)30-45-52(80)67-39(32(2)57)15-11-26-62-46(74)23-22-42(69-47(75)40(66-34(4)73)16-12-27-63-53(58)59)49(77)70-43(24-25-56)50(78)71-44(29-35-18-20-37(21-19-35)55(5,6)7)51(79)68-41(48(76)72-45)17-13-28-64-54(60)61/h8-10,14,18-21,31,39-45,65H,2,11-13,15-17,22-30,56-57H2,1,3-7H3,(H,62,74)(H,66,73)(H,67,80)(H,68,79)(H,69,75)(H,70,77)(H,71,78)(H,72,76)(H4,58,59,63)(H4,60,61,64)/b9-8-,14-10-/t39?,40-,41-,42-,43-,44+,45-/m0/s1. The van der Waals surface area contributed by atoms with E-state index >= 15 is 0 Å². The number of carbonyl (C=O) groups excluding carboxylic acids is 8. The Morgan fingerprint density at radius 3 is 1.95 bits per heavy atom. The van der Waals surface area contributed by atoms with Gasteiger partial charge in [-0.25, -0.2) is 0 Å². The summed E-state index contributed by atoms with van der Waals surface area (Å²) >= 11 is 0. The first-order valence-electron chi connectivity index (χ1n) is 27.0. The molecular formula is C55H87N17O8. The Morgan fingerprint density at radius 1 is 0.787 bits per heavy atom. The van der Waals surface area contributed by atoms with Crippen molar-refractivity contribution >= 4 is 65.3 Å². The van der Waals surface area contributed by atoms with Gasteiger partial charge in [-0.15, -0.1) is 0 Å². The summed E-state index contributed by atoms with van der Waals surface area (Å²) in [5.41, 5.74) is 27.0. The predicted molar refractivity (Wildman–Crippen MR) is 308 cm³/mol. The lowest BCUT2D eigenvalue weighted by molar-refractivity contribution is -0.135. The Balaban J connectivity index is 2.20. The van der Waals surface area contributed by atoms with Crippen molar-refractivity contribution in [3.63, 3.8) is 0 Å². The van der Waals surface area contributed by atoms with Crippen LogP contribution in [-0.4, -0.2) is 133 Å². The van der Waals surface area contributed by atoms with Gasteiger partial charge in [-0.3, -0.25) is 49.2 Å². The van der Waals surface area contributed by atoms with Crippen LogP contribution in [-0.2, 0) is 56.6 Å². The maximum Gasteiger partial charge on any atom is 0.243 e. The van der Waals surface area contributed by atoms with Crippen LogP contribution in [0.1, 0.15) is 120 Å². The largest absolute Gasteiger partial charge is 0.401 e. The smallest absolute Gasteiger partial charge is 0.243 e. The number of rotatable bonds is 20. The van der Waals surface area contributed by atoms with Gasteiger partial charge in [0.1, 0.15) is 36.3 Å². The van der Waals surface area contributed by atoms with Crippen LogP contribution in [0.15, 0.2) is 61.0 Å². The number of aromatic nitrogens is 1. The molecule has 3 rings (SSSR count). The number of aryl methyl sites for hydroxylation is 1. The number of hydrogen-bond acceptors (Lipinski definition) is 12. The molecule has 0 radical (unpaired) electrons. The second-order valence-corrected chi connectivity index (χ2v) is 20.9. The summed E-state index contributed by atoms with van der Waals surface area (Å²) in [5, 5.41) is 42.5. The van der Waals surface area contributed by atoms with Crippen LogP contribution in [0.4, 0.5) is 0 Å². The lowest BCUT2D eigenvalue weighted by Crippen LogP contribution is -2.60. The Labute approximate surface area is 469 Å². The average Bonchev–Trinajstić information content (AvgIpc) is 3.73. The molecule has 1 aromatic carbocycles. The number of H-pyrrole nitrogens is 1. The Hall–Kier alpha value is -8.22. The van der Waals surface area contributed by atoms with Gasteiger partial charge < -0.3 is 81.1 Å². The fourth-order valence-electron chi connectivity index (χ4n) is 8.70. The number of amides is 8. The molecule has 0 spiro atoms. The van der Waals surface area contributed by atoms with Crippen molar-refractivity contribution in [3.05, 3.63) is 88.9 Å². The van der Waals surface area contributed by atoms with Gasteiger partial charge >= 0.3 is 0 Å². The fourth-order valence-corrected chi connectivity index (χ4v) is 8.70. The van der Waals surface area contributed by atoms with E-state index in [9.17, 15) is 38.4 Å². The number of nitrogens with two attached hydrogens (primary N) is 4. The number of hydrogen-bond donors (Lipinski definition) is 17. The summed E-state index contributed by atoms with van der Waals surface area (Å²) in [6.07, 6.45) is 9.32. The van der Waals surface area contributed by atoms with Gasteiger partial charge in [-0.1, -0.05) is 75.9 Å². The van der Waals surface area contributed by atoms with Crippen LogP contribution in [0.5, 0.6) is 0 Å². The topological polar surface area (TPSA) is 424 Å². The van der Waals surface area contributed by atoms with Crippen molar-refractivity contribution < 1.29 is 38.4 Å². The second kappa shape index (κ2) is 33.3. The number of carbonyl (C=O) groups is 8. The molecule has 0 saturated carbocycles. The van der Waals surface area contributed by atoms with Gasteiger partial charge in [-0.2, -0.15) is 0 Å². The molecule has 0 bridgehead atoms. The molecule has 1 aliphatic heterocycles. The van der Waals surface area contributed by atoms with Crippen LogP contribution >= 0.6 is 0 Å². The second-order valence-electron chi connectivity index (χ2n) is 20.9. The lowest BCUT2D eigenvalue weighted by Gasteiger charge is -2.28. The van der Waals surface area contributed by atoms with E-state index in [1.807, 2.05) is 83.2 Å². The normalized spacial score (nSPS) is 20.9. The molecule has 7 atom stereocenters. The third-order valence-corrected chi connectivity index (χ3v) is 13.2. The third kappa shape index (κ3) is 23.4. The highest BCUT2D eigenvalue weighted by molar-refractivity contribution is 5.97. The highest BCUT2D eigenvalue weighted by Crippen LogP contribution is 2.23. The van der Waals surface area contributed by atoms with E-state index < -0.39 is 89.6 Å². The summed E-state index contributed by atoms with van der Waals surface area (Å²) in [7, 11) is 0. The number of guanidine groups is 2. The number of allylic oxidation sites excluding steroid dienone is 3. The molecule has 440 valence electrons. The van der Waals surface area contributed by atoms with Gasteiger partial charge in [-0.05, 0) is 99.4 Å². The van der Waals surface area contributed by atoms with E-state index in [2.05, 4.69) is 64.7 Å². The summed E-state index contributed by atoms with van der Waals surface area (Å²) in [4.78, 5) is 116. The first kappa shape index (κ1) is 66.1. The van der Waals surface area contributed by atoms with Gasteiger partial charge in [0.05, 0.1) is 6.04 Å². The van der Waals surface area contributed by atoms with Crippen molar-refractivity contribution in [1.29, 1.82) is 10.8 Å². The van der Waals surface area contributed by atoms with E-state index in [-0.39, 0.29) is 120 Å². The molecule has 1 aromatic heterocycles. The Kier molecular flexibility index (Phi) is 27.5.